The average molecular weight is 276 g/mol. The van der Waals surface area contributed by atoms with Crippen LogP contribution in [0, 0.1) is 0 Å². The number of hydrogen-bond donors (Lipinski definition) is 0. The van der Waals surface area contributed by atoms with E-state index in [4.69, 9.17) is 4.74 Å². The first-order chi connectivity index (χ1) is 10.3. The average Bonchev–Trinajstić information content (AvgIpc) is 2.55. The summed E-state index contributed by atoms with van der Waals surface area (Å²) < 4.78 is 7.37. The van der Waals surface area contributed by atoms with Crippen molar-refractivity contribution in [1.29, 1.82) is 0 Å². The Balaban J connectivity index is 1.93. The molecule has 0 aliphatic carbocycles. The molecule has 2 aromatic carbocycles. The third-order valence-corrected chi connectivity index (χ3v) is 3.68. The summed E-state index contributed by atoms with van der Waals surface area (Å²) in [7, 11) is 3.77. The highest BCUT2D eigenvalue weighted by molar-refractivity contribution is 5.77. The number of rotatable bonds is 3. The second kappa shape index (κ2) is 5.80. The van der Waals surface area contributed by atoms with Gasteiger partial charge in [0.1, 0.15) is 12.8 Å². The molecule has 0 N–H and O–H groups in total. The van der Waals surface area contributed by atoms with E-state index in [9.17, 15) is 0 Å². The lowest BCUT2D eigenvalue weighted by Gasteiger charge is -2.00. The number of aromatic nitrogens is 1. The summed E-state index contributed by atoms with van der Waals surface area (Å²) in [4.78, 5) is 0. The molecule has 1 heterocycles. The monoisotopic (exact) mass is 276 g/mol. The van der Waals surface area contributed by atoms with Crippen LogP contribution in [0.15, 0.2) is 60.7 Å². The molecule has 3 rings (SSSR count). The zero-order valence-electron chi connectivity index (χ0n) is 12.3. The van der Waals surface area contributed by atoms with Crippen LogP contribution in [0.4, 0.5) is 0 Å². The number of fused-ring (bicyclic) bond motifs is 1. The lowest BCUT2D eigenvalue weighted by molar-refractivity contribution is -0.646. The summed E-state index contributed by atoms with van der Waals surface area (Å²) in [6.07, 6.45) is 4.25. The number of aryl methyl sites for hydroxylation is 1. The minimum atomic E-state index is 0.878. The molecule has 0 amide bonds. The van der Waals surface area contributed by atoms with E-state index in [1.165, 1.54) is 16.6 Å². The molecular formula is C19H18NO+. The minimum Gasteiger partial charge on any atom is -0.497 e. The van der Waals surface area contributed by atoms with E-state index in [1.807, 2.05) is 12.1 Å². The molecule has 0 aliphatic rings. The standard InChI is InChI=1S/C19H18NO/c1-20-17(12-10-16-5-3-4-6-19(16)20)11-7-15-8-13-18(21-2)14-9-15/h3-14H,1-2H3/q+1/b11-7-. The molecule has 2 heteroatoms. The topological polar surface area (TPSA) is 13.1 Å². The summed E-state index contributed by atoms with van der Waals surface area (Å²) >= 11 is 0. The molecule has 0 aliphatic heterocycles. The summed E-state index contributed by atoms with van der Waals surface area (Å²) in [6.45, 7) is 0. The van der Waals surface area contributed by atoms with E-state index in [1.54, 1.807) is 7.11 Å². The second-order valence-corrected chi connectivity index (χ2v) is 4.98. The predicted octanol–water partition coefficient (Wildman–Crippen LogP) is 3.84. The predicted molar refractivity (Wildman–Crippen MR) is 87.0 cm³/mol. The maximum absolute atomic E-state index is 5.17. The van der Waals surface area contributed by atoms with Crippen LogP contribution in [-0.2, 0) is 7.05 Å². The van der Waals surface area contributed by atoms with Crippen molar-refractivity contribution in [1.82, 2.24) is 0 Å². The van der Waals surface area contributed by atoms with Gasteiger partial charge in [0.05, 0.1) is 7.11 Å². The molecule has 104 valence electrons. The maximum atomic E-state index is 5.17. The Bertz CT molecular complexity index is 788. The molecule has 0 atom stereocenters. The van der Waals surface area contributed by atoms with Crippen molar-refractivity contribution in [3.05, 3.63) is 71.9 Å². The molecule has 0 spiro atoms. The zero-order valence-corrected chi connectivity index (χ0v) is 12.3. The van der Waals surface area contributed by atoms with Crippen molar-refractivity contribution in [2.75, 3.05) is 7.11 Å². The quantitative estimate of drug-likeness (QED) is 0.662. The Hall–Kier alpha value is -2.61. The molecule has 0 saturated carbocycles. The number of nitrogens with zero attached hydrogens (tertiary/aromatic N) is 1. The molecule has 1 aromatic heterocycles. The third kappa shape index (κ3) is 2.79. The van der Waals surface area contributed by atoms with Gasteiger partial charge in [-0.15, -0.1) is 0 Å². The first kappa shape index (κ1) is 13.4. The lowest BCUT2D eigenvalue weighted by atomic mass is 10.1. The van der Waals surface area contributed by atoms with Crippen LogP contribution in [-0.4, -0.2) is 7.11 Å². The van der Waals surface area contributed by atoms with Crippen molar-refractivity contribution >= 4 is 23.1 Å². The zero-order chi connectivity index (χ0) is 14.7. The number of benzene rings is 2. The van der Waals surface area contributed by atoms with Gasteiger partial charge in [-0.25, -0.2) is 0 Å². The van der Waals surface area contributed by atoms with Gasteiger partial charge >= 0.3 is 0 Å². The normalized spacial score (nSPS) is 11.1. The van der Waals surface area contributed by atoms with Crippen molar-refractivity contribution in [2.45, 2.75) is 0 Å². The highest BCUT2D eigenvalue weighted by Gasteiger charge is 2.07. The number of ether oxygens (including phenoxy) is 1. The highest BCUT2D eigenvalue weighted by Crippen LogP contribution is 2.14. The molecule has 0 unspecified atom stereocenters. The fraction of sp³-hybridized carbons (Fsp3) is 0.105. The van der Waals surface area contributed by atoms with Gasteiger partial charge in [-0.2, -0.15) is 4.57 Å². The van der Waals surface area contributed by atoms with Gasteiger partial charge < -0.3 is 4.74 Å². The van der Waals surface area contributed by atoms with E-state index >= 15 is 0 Å². The number of pyridine rings is 1. The van der Waals surface area contributed by atoms with E-state index in [2.05, 4.69) is 72.3 Å². The number of hydrogen-bond acceptors (Lipinski definition) is 1. The third-order valence-electron chi connectivity index (χ3n) is 3.68. The van der Waals surface area contributed by atoms with Crippen molar-refractivity contribution in [3.8, 4) is 5.75 Å². The van der Waals surface area contributed by atoms with E-state index in [0.29, 0.717) is 0 Å². The van der Waals surface area contributed by atoms with Crippen LogP contribution in [0.1, 0.15) is 11.3 Å². The van der Waals surface area contributed by atoms with Crippen LogP contribution in [0.25, 0.3) is 23.1 Å². The van der Waals surface area contributed by atoms with Crippen molar-refractivity contribution in [3.63, 3.8) is 0 Å². The Labute approximate surface area is 124 Å². The maximum Gasteiger partial charge on any atom is 0.212 e. The Kier molecular flexibility index (Phi) is 3.69. The van der Waals surface area contributed by atoms with Crippen LogP contribution in [0.3, 0.4) is 0 Å². The van der Waals surface area contributed by atoms with Crippen LogP contribution >= 0.6 is 0 Å². The largest absolute Gasteiger partial charge is 0.497 e. The minimum absolute atomic E-state index is 0.878. The fourth-order valence-corrected chi connectivity index (χ4v) is 2.42. The molecule has 3 aromatic rings. The van der Waals surface area contributed by atoms with Crippen molar-refractivity contribution < 1.29 is 9.30 Å². The van der Waals surface area contributed by atoms with Gasteiger partial charge in [-0.1, -0.05) is 24.3 Å². The molecule has 2 nitrogen and oxygen atoms in total. The summed E-state index contributed by atoms with van der Waals surface area (Å²) in [5.74, 6) is 0.878. The summed E-state index contributed by atoms with van der Waals surface area (Å²) in [6, 6.07) is 20.7. The molecule has 0 saturated heterocycles. The van der Waals surface area contributed by atoms with Gasteiger partial charge in [-0.3, -0.25) is 0 Å². The Morgan fingerprint density at radius 1 is 0.857 bits per heavy atom. The van der Waals surface area contributed by atoms with Crippen LogP contribution < -0.4 is 9.30 Å². The van der Waals surface area contributed by atoms with Gasteiger partial charge in [-0.05, 0) is 35.9 Å². The van der Waals surface area contributed by atoms with Crippen molar-refractivity contribution in [2.24, 2.45) is 7.05 Å². The molecule has 0 radical (unpaired) electrons. The summed E-state index contributed by atoms with van der Waals surface area (Å²) in [5, 5.41) is 1.25. The fourth-order valence-electron chi connectivity index (χ4n) is 2.42. The van der Waals surface area contributed by atoms with Gasteiger partial charge in [0.15, 0.2) is 0 Å². The number of para-hydroxylation sites is 1. The van der Waals surface area contributed by atoms with Crippen LogP contribution in [0.5, 0.6) is 5.75 Å². The second-order valence-electron chi connectivity index (χ2n) is 4.98. The SMILES string of the molecule is COc1ccc(/C=C\c2ccc3ccccc3[n+]2C)cc1. The molecular weight excluding hydrogens is 258 g/mol. The number of methoxy groups -OCH3 is 1. The Morgan fingerprint density at radius 3 is 2.38 bits per heavy atom. The highest BCUT2D eigenvalue weighted by atomic mass is 16.5. The van der Waals surface area contributed by atoms with E-state index < -0.39 is 0 Å². The first-order valence-electron chi connectivity index (χ1n) is 6.98. The molecule has 21 heavy (non-hydrogen) atoms. The van der Waals surface area contributed by atoms with Crippen LogP contribution in [0.2, 0.25) is 0 Å². The lowest BCUT2D eigenvalue weighted by Crippen LogP contribution is -2.32. The Morgan fingerprint density at radius 2 is 1.62 bits per heavy atom. The smallest absolute Gasteiger partial charge is 0.212 e. The molecule has 0 bridgehead atoms. The van der Waals surface area contributed by atoms with E-state index in [0.717, 1.165) is 11.3 Å². The van der Waals surface area contributed by atoms with Gasteiger partial charge in [0, 0.05) is 23.6 Å². The summed E-state index contributed by atoms with van der Waals surface area (Å²) in [5.41, 5.74) is 3.56. The first-order valence-corrected chi connectivity index (χ1v) is 6.98. The molecule has 0 fully saturated rings. The van der Waals surface area contributed by atoms with Gasteiger partial charge in [0.2, 0.25) is 11.2 Å². The van der Waals surface area contributed by atoms with E-state index in [-0.39, 0.29) is 0 Å². The van der Waals surface area contributed by atoms with Gasteiger partial charge in [0.25, 0.3) is 0 Å².